The summed E-state index contributed by atoms with van der Waals surface area (Å²) in [5.74, 6) is 0.591. The predicted molar refractivity (Wildman–Crippen MR) is 105 cm³/mol. The predicted octanol–water partition coefficient (Wildman–Crippen LogP) is 1.67. The molecule has 0 saturated carbocycles. The quantitative estimate of drug-likeness (QED) is 0.815. The Labute approximate surface area is 163 Å². The topological polar surface area (TPSA) is 111 Å². The van der Waals surface area contributed by atoms with E-state index in [0.717, 1.165) is 24.5 Å². The number of nitriles is 1. The van der Waals surface area contributed by atoms with Crippen LogP contribution in [-0.4, -0.2) is 42.2 Å². The van der Waals surface area contributed by atoms with Gasteiger partial charge >= 0.3 is 0 Å². The Hall–Kier alpha value is -3.18. The number of amides is 1. The van der Waals surface area contributed by atoms with Crippen molar-refractivity contribution in [1.29, 1.82) is 5.26 Å². The molecule has 1 amide bonds. The minimum atomic E-state index is -0.392. The average molecular weight is 381 g/mol. The number of carbonyl (C=O) groups excluding carboxylic acids is 1. The fourth-order valence-corrected chi connectivity index (χ4v) is 3.39. The summed E-state index contributed by atoms with van der Waals surface area (Å²) in [7, 11) is 0. The molecule has 0 spiro atoms. The molecular weight excluding hydrogens is 358 g/mol. The lowest BCUT2D eigenvalue weighted by molar-refractivity contribution is -0.116. The van der Waals surface area contributed by atoms with E-state index in [1.54, 1.807) is 26.1 Å². The Morgan fingerprint density at radius 3 is 2.86 bits per heavy atom. The van der Waals surface area contributed by atoms with Crippen LogP contribution in [0.2, 0.25) is 0 Å². The van der Waals surface area contributed by atoms with E-state index in [0.29, 0.717) is 36.6 Å². The van der Waals surface area contributed by atoms with Gasteiger partial charge in [0.1, 0.15) is 11.6 Å². The Morgan fingerprint density at radius 1 is 1.39 bits per heavy atom. The summed E-state index contributed by atoms with van der Waals surface area (Å²) in [6.45, 7) is 6.25. The summed E-state index contributed by atoms with van der Waals surface area (Å²) in [6.07, 6.45) is 2.37. The summed E-state index contributed by atoms with van der Waals surface area (Å²) in [4.78, 5) is 33.6. The molecule has 0 bridgehead atoms. The number of pyridine rings is 2. The number of nitrogens with zero attached hydrogens (tertiary/aromatic N) is 3. The number of nitrogens with one attached hydrogen (secondary N) is 2. The summed E-state index contributed by atoms with van der Waals surface area (Å²) in [5.41, 5.74) is 2.52. The molecule has 1 aliphatic heterocycles. The number of H-pyrrole nitrogens is 1. The fourth-order valence-electron chi connectivity index (χ4n) is 3.39. The summed E-state index contributed by atoms with van der Waals surface area (Å²) >= 11 is 0. The van der Waals surface area contributed by atoms with E-state index in [1.165, 1.54) is 0 Å². The Balaban J connectivity index is 1.71. The maximum absolute atomic E-state index is 12.5. The van der Waals surface area contributed by atoms with Crippen molar-refractivity contribution < 1.29 is 9.53 Å². The first-order chi connectivity index (χ1) is 13.5. The third-order valence-electron chi connectivity index (χ3n) is 4.89. The molecule has 0 radical (unpaired) electrons. The lowest BCUT2D eigenvalue weighted by Crippen LogP contribution is -2.37. The van der Waals surface area contributed by atoms with Crippen molar-refractivity contribution in [2.45, 2.75) is 26.7 Å². The highest BCUT2D eigenvalue weighted by Crippen LogP contribution is 2.24. The van der Waals surface area contributed by atoms with Gasteiger partial charge in [0.15, 0.2) is 5.82 Å². The molecule has 0 unspecified atom stereocenters. The van der Waals surface area contributed by atoms with Crippen LogP contribution in [0.4, 0.5) is 11.5 Å². The van der Waals surface area contributed by atoms with Gasteiger partial charge in [-0.2, -0.15) is 5.26 Å². The molecule has 1 saturated heterocycles. The maximum Gasteiger partial charge on any atom is 0.266 e. The Kier molecular flexibility index (Phi) is 6.06. The Morgan fingerprint density at radius 2 is 2.14 bits per heavy atom. The number of morpholine rings is 1. The van der Waals surface area contributed by atoms with Gasteiger partial charge in [-0.3, -0.25) is 9.59 Å². The number of rotatable bonds is 5. The molecular formula is C20H23N5O3. The van der Waals surface area contributed by atoms with Gasteiger partial charge in [-0.25, -0.2) is 4.98 Å². The van der Waals surface area contributed by atoms with Crippen LogP contribution in [0.1, 0.15) is 28.8 Å². The second-order valence-corrected chi connectivity index (χ2v) is 6.69. The van der Waals surface area contributed by atoms with Crippen molar-refractivity contribution in [3.63, 3.8) is 0 Å². The number of carbonyl (C=O) groups is 1. The molecule has 28 heavy (non-hydrogen) atoms. The van der Waals surface area contributed by atoms with Crippen LogP contribution in [0.5, 0.6) is 0 Å². The fraction of sp³-hybridized carbons (Fsp3) is 0.400. The molecule has 2 N–H and O–H groups in total. The number of aryl methyl sites for hydroxylation is 1. The largest absolute Gasteiger partial charge is 0.378 e. The molecule has 0 aromatic carbocycles. The number of ether oxygens (including phenoxy) is 1. The molecule has 1 aliphatic rings. The molecule has 2 aromatic heterocycles. The van der Waals surface area contributed by atoms with Crippen LogP contribution >= 0.6 is 0 Å². The van der Waals surface area contributed by atoms with E-state index < -0.39 is 5.56 Å². The van der Waals surface area contributed by atoms with Gasteiger partial charge in [0, 0.05) is 31.4 Å². The monoisotopic (exact) mass is 381 g/mol. The van der Waals surface area contributed by atoms with Crippen LogP contribution in [0.15, 0.2) is 23.1 Å². The Bertz CT molecular complexity index is 971. The van der Waals surface area contributed by atoms with Gasteiger partial charge < -0.3 is 19.9 Å². The number of hydrogen-bond acceptors (Lipinski definition) is 6. The first-order valence-electron chi connectivity index (χ1n) is 9.21. The highest BCUT2D eigenvalue weighted by atomic mass is 16.5. The van der Waals surface area contributed by atoms with Crippen molar-refractivity contribution in [2.75, 3.05) is 36.5 Å². The maximum atomic E-state index is 12.5. The standard InChI is InChI=1S/C20H23N5O3/c1-13-15(14(2)23-20(27)16(13)12-21)5-6-18(26)24-17-4-3-7-22-19(17)25-8-10-28-11-9-25/h3-4,7H,5-6,8-11H2,1-2H3,(H,23,27)(H,24,26). The van der Waals surface area contributed by atoms with Crippen LogP contribution in [0, 0.1) is 25.2 Å². The lowest BCUT2D eigenvalue weighted by Gasteiger charge is -2.29. The van der Waals surface area contributed by atoms with Crippen molar-refractivity contribution in [2.24, 2.45) is 0 Å². The van der Waals surface area contributed by atoms with Gasteiger partial charge in [-0.1, -0.05) is 0 Å². The molecule has 146 valence electrons. The minimum Gasteiger partial charge on any atom is -0.378 e. The first kappa shape index (κ1) is 19.6. The molecule has 3 rings (SSSR count). The van der Waals surface area contributed by atoms with E-state index in [9.17, 15) is 14.9 Å². The van der Waals surface area contributed by atoms with Gasteiger partial charge in [0.25, 0.3) is 5.56 Å². The van der Waals surface area contributed by atoms with Crippen molar-refractivity contribution in [3.05, 3.63) is 51.1 Å². The summed E-state index contributed by atoms with van der Waals surface area (Å²) in [6, 6.07) is 5.55. The van der Waals surface area contributed by atoms with E-state index in [4.69, 9.17) is 4.74 Å². The van der Waals surface area contributed by atoms with Crippen molar-refractivity contribution in [1.82, 2.24) is 9.97 Å². The smallest absolute Gasteiger partial charge is 0.266 e. The van der Waals surface area contributed by atoms with Crippen LogP contribution in [0.3, 0.4) is 0 Å². The number of anilines is 2. The summed E-state index contributed by atoms with van der Waals surface area (Å²) in [5, 5.41) is 12.1. The van der Waals surface area contributed by atoms with E-state index in [2.05, 4.69) is 20.2 Å². The number of aromatic nitrogens is 2. The van der Waals surface area contributed by atoms with Gasteiger partial charge in [-0.15, -0.1) is 0 Å². The molecule has 1 fully saturated rings. The molecule has 0 aliphatic carbocycles. The first-order valence-corrected chi connectivity index (χ1v) is 9.21. The average Bonchev–Trinajstić information content (AvgIpc) is 2.69. The van der Waals surface area contributed by atoms with Crippen LogP contribution < -0.4 is 15.8 Å². The molecule has 2 aromatic rings. The van der Waals surface area contributed by atoms with Crippen molar-refractivity contribution in [3.8, 4) is 6.07 Å². The third kappa shape index (κ3) is 4.21. The van der Waals surface area contributed by atoms with Gasteiger partial charge in [0.05, 0.1) is 18.9 Å². The minimum absolute atomic E-state index is 0.0999. The molecule has 3 heterocycles. The zero-order valence-electron chi connectivity index (χ0n) is 16.0. The SMILES string of the molecule is Cc1[nH]c(=O)c(C#N)c(C)c1CCC(=O)Nc1cccnc1N1CCOCC1. The van der Waals surface area contributed by atoms with E-state index in [-0.39, 0.29) is 17.9 Å². The van der Waals surface area contributed by atoms with Crippen LogP contribution in [-0.2, 0) is 16.0 Å². The molecule has 8 nitrogen and oxygen atoms in total. The normalized spacial score (nSPS) is 13.8. The second kappa shape index (κ2) is 8.67. The number of hydrogen-bond donors (Lipinski definition) is 2. The summed E-state index contributed by atoms with van der Waals surface area (Å²) < 4.78 is 5.37. The number of aromatic amines is 1. The van der Waals surface area contributed by atoms with E-state index in [1.807, 2.05) is 12.1 Å². The molecule has 8 heteroatoms. The highest BCUT2D eigenvalue weighted by molar-refractivity contribution is 5.93. The third-order valence-corrected chi connectivity index (χ3v) is 4.89. The zero-order valence-corrected chi connectivity index (χ0v) is 16.0. The lowest BCUT2D eigenvalue weighted by atomic mass is 9.99. The van der Waals surface area contributed by atoms with Crippen molar-refractivity contribution >= 4 is 17.4 Å². The molecule has 0 atom stereocenters. The second-order valence-electron chi connectivity index (χ2n) is 6.69. The zero-order chi connectivity index (χ0) is 20.1. The van der Waals surface area contributed by atoms with Gasteiger partial charge in [-0.05, 0) is 43.5 Å². The van der Waals surface area contributed by atoms with Gasteiger partial charge in [0.2, 0.25) is 5.91 Å². The highest BCUT2D eigenvalue weighted by Gasteiger charge is 2.18. The van der Waals surface area contributed by atoms with E-state index >= 15 is 0 Å². The van der Waals surface area contributed by atoms with Crippen LogP contribution in [0.25, 0.3) is 0 Å².